The number of hydrogen-bond acceptors (Lipinski definition) is 4. The van der Waals surface area contributed by atoms with E-state index < -0.39 is 5.82 Å². The van der Waals surface area contributed by atoms with Gasteiger partial charge in [0.05, 0.1) is 16.8 Å². The minimum Gasteiger partial charge on any atom is -0.364 e. The molecule has 0 aliphatic carbocycles. The number of halogens is 2. The van der Waals surface area contributed by atoms with Crippen LogP contribution in [0.1, 0.15) is 10.6 Å². The van der Waals surface area contributed by atoms with Crippen molar-refractivity contribution < 1.29 is 13.9 Å². The van der Waals surface area contributed by atoms with E-state index in [9.17, 15) is 9.18 Å². The number of likely N-dealkylation sites (N-methyl/N-ethyl adjacent to an activating group) is 1. The first-order valence-electron chi connectivity index (χ1n) is 7.63. The number of thiazole rings is 1. The molecule has 2 aromatic carbocycles. The molecule has 0 aliphatic rings. The normalized spacial score (nSPS) is 11.0. The maximum Gasteiger partial charge on any atom is 0.248 e. The van der Waals surface area contributed by atoms with Crippen LogP contribution in [0, 0.1) is 5.82 Å². The molecular weight excluding hydrogens is 363 g/mol. The van der Waals surface area contributed by atoms with Crippen molar-refractivity contribution >= 4 is 39.1 Å². The quantitative estimate of drug-likeness (QED) is 0.643. The van der Waals surface area contributed by atoms with E-state index in [2.05, 4.69) is 4.98 Å². The number of nitrogens with zero attached hydrogens (tertiary/aromatic N) is 2. The van der Waals surface area contributed by atoms with Crippen molar-refractivity contribution in [2.24, 2.45) is 0 Å². The highest BCUT2D eigenvalue weighted by Crippen LogP contribution is 2.22. The van der Waals surface area contributed by atoms with Crippen molar-refractivity contribution in [1.82, 2.24) is 9.88 Å². The van der Waals surface area contributed by atoms with Gasteiger partial charge in [-0.2, -0.15) is 0 Å². The van der Waals surface area contributed by atoms with E-state index in [1.807, 2.05) is 24.3 Å². The highest BCUT2D eigenvalue weighted by Gasteiger charge is 2.14. The number of hydrogen-bond donors (Lipinski definition) is 0. The van der Waals surface area contributed by atoms with Gasteiger partial charge in [-0.1, -0.05) is 29.8 Å². The lowest BCUT2D eigenvalue weighted by molar-refractivity contribution is -0.135. The number of benzene rings is 2. The Labute approximate surface area is 153 Å². The van der Waals surface area contributed by atoms with Crippen LogP contribution >= 0.6 is 22.9 Å². The summed E-state index contributed by atoms with van der Waals surface area (Å²) in [5, 5.41) is 1.11. The van der Waals surface area contributed by atoms with Crippen molar-refractivity contribution in [2.45, 2.75) is 13.2 Å². The zero-order valence-corrected chi connectivity index (χ0v) is 15.1. The summed E-state index contributed by atoms with van der Waals surface area (Å²) in [6.45, 7) is 0.257. The summed E-state index contributed by atoms with van der Waals surface area (Å²) in [5.74, 6) is -0.678. The molecule has 1 amide bonds. The fraction of sp³-hybridized carbons (Fsp3) is 0.222. The third kappa shape index (κ3) is 4.34. The van der Waals surface area contributed by atoms with Gasteiger partial charge in [0.25, 0.3) is 0 Å². The van der Waals surface area contributed by atoms with Gasteiger partial charge >= 0.3 is 0 Å². The average molecular weight is 379 g/mol. The average Bonchev–Trinajstić information content (AvgIpc) is 3.00. The number of amides is 1. The molecule has 1 aromatic heterocycles. The van der Waals surface area contributed by atoms with Crippen LogP contribution in [-0.4, -0.2) is 29.4 Å². The molecule has 130 valence electrons. The van der Waals surface area contributed by atoms with E-state index >= 15 is 0 Å². The van der Waals surface area contributed by atoms with Gasteiger partial charge in [0, 0.05) is 24.2 Å². The topological polar surface area (TPSA) is 42.4 Å². The number of rotatable bonds is 6. The standard InChI is InChI=1S/C18H16ClFN2O2S/c1-22(9-12-13(19)5-4-6-14(12)20)18(23)11-24-10-17-21-15-7-2-3-8-16(15)25-17/h2-8H,9-11H2,1H3. The predicted octanol–water partition coefficient (Wildman–Crippen LogP) is 4.26. The predicted molar refractivity (Wildman–Crippen MR) is 97.2 cm³/mol. The van der Waals surface area contributed by atoms with Gasteiger partial charge in [0.2, 0.25) is 5.91 Å². The van der Waals surface area contributed by atoms with Crippen molar-refractivity contribution in [3.8, 4) is 0 Å². The fourth-order valence-electron chi connectivity index (χ4n) is 2.33. The molecule has 25 heavy (non-hydrogen) atoms. The Kier molecular flexibility index (Phi) is 5.63. The van der Waals surface area contributed by atoms with Gasteiger partial charge in [-0.15, -0.1) is 11.3 Å². The van der Waals surface area contributed by atoms with Crippen LogP contribution in [-0.2, 0) is 22.7 Å². The van der Waals surface area contributed by atoms with Gasteiger partial charge in [-0.25, -0.2) is 9.37 Å². The molecule has 0 fully saturated rings. The fourth-order valence-corrected chi connectivity index (χ4v) is 3.45. The monoisotopic (exact) mass is 378 g/mol. The number of fused-ring (bicyclic) bond motifs is 1. The van der Waals surface area contributed by atoms with Crippen molar-refractivity contribution in [3.05, 3.63) is 63.9 Å². The van der Waals surface area contributed by atoms with Crippen LogP contribution < -0.4 is 0 Å². The summed E-state index contributed by atoms with van der Waals surface area (Å²) in [5.41, 5.74) is 1.22. The van der Waals surface area contributed by atoms with Crippen LogP contribution in [0.5, 0.6) is 0 Å². The summed E-state index contributed by atoms with van der Waals surface area (Å²) < 4.78 is 20.3. The number of ether oxygens (including phenoxy) is 1. The van der Waals surface area contributed by atoms with Crippen LogP contribution in [0.3, 0.4) is 0 Å². The van der Waals surface area contributed by atoms with E-state index in [4.69, 9.17) is 16.3 Å². The summed E-state index contributed by atoms with van der Waals surface area (Å²) in [6.07, 6.45) is 0. The molecule has 0 aliphatic heterocycles. The van der Waals surface area contributed by atoms with Crippen LogP contribution in [0.25, 0.3) is 10.2 Å². The van der Waals surface area contributed by atoms with Crippen molar-refractivity contribution in [1.29, 1.82) is 0 Å². The highest BCUT2D eigenvalue weighted by molar-refractivity contribution is 7.18. The first kappa shape index (κ1) is 17.8. The third-order valence-electron chi connectivity index (χ3n) is 3.67. The van der Waals surface area contributed by atoms with Crippen molar-refractivity contribution in [3.63, 3.8) is 0 Å². The minimum atomic E-state index is -0.428. The maximum absolute atomic E-state index is 13.8. The summed E-state index contributed by atoms with van der Waals surface area (Å²) in [6, 6.07) is 12.3. The molecule has 0 spiro atoms. The summed E-state index contributed by atoms with van der Waals surface area (Å²) in [4.78, 5) is 18.0. The second-order valence-corrected chi connectivity index (χ2v) is 7.04. The molecule has 0 atom stereocenters. The molecule has 0 bridgehead atoms. The first-order valence-corrected chi connectivity index (χ1v) is 8.83. The molecule has 7 heteroatoms. The molecule has 0 saturated carbocycles. The Hall–Kier alpha value is -2.02. The van der Waals surface area contributed by atoms with E-state index in [1.54, 1.807) is 13.1 Å². The zero-order chi connectivity index (χ0) is 17.8. The lowest BCUT2D eigenvalue weighted by atomic mass is 10.2. The lowest BCUT2D eigenvalue weighted by Gasteiger charge is -2.18. The number of aromatic nitrogens is 1. The Morgan fingerprint density at radius 3 is 2.84 bits per heavy atom. The molecule has 0 N–H and O–H groups in total. The molecule has 3 rings (SSSR count). The van der Waals surface area contributed by atoms with Crippen molar-refractivity contribution in [2.75, 3.05) is 13.7 Å². The Bertz CT molecular complexity index is 846. The first-order chi connectivity index (χ1) is 12.0. The number of carbonyl (C=O) groups is 1. The van der Waals surface area contributed by atoms with Gasteiger partial charge in [-0.05, 0) is 24.3 Å². The maximum atomic E-state index is 13.8. The highest BCUT2D eigenvalue weighted by atomic mass is 35.5. The van der Waals surface area contributed by atoms with E-state index in [0.717, 1.165) is 15.2 Å². The number of carbonyl (C=O) groups excluding carboxylic acids is 1. The third-order valence-corrected chi connectivity index (χ3v) is 5.04. The van der Waals surface area contributed by atoms with E-state index in [0.29, 0.717) is 10.6 Å². The largest absolute Gasteiger partial charge is 0.364 e. The summed E-state index contributed by atoms with van der Waals surface area (Å²) in [7, 11) is 1.59. The molecule has 0 unspecified atom stereocenters. The molecule has 0 saturated heterocycles. The smallest absolute Gasteiger partial charge is 0.248 e. The molecule has 4 nitrogen and oxygen atoms in total. The number of para-hydroxylation sites is 1. The molecule has 3 aromatic rings. The molecule has 0 radical (unpaired) electrons. The Balaban J connectivity index is 1.53. The van der Waals surface area contributed by atoms with E-state index in [1.165, 1.54) is 28.4 Å². The Morgan fingerprint density at radius 1 is 1.28 bits per heavy atom. The summed E-state index contributed by atoms with van der Waals surface area (Å²) >= 11 is 7.52. The van der Waals surface area contributed by atoms with Crippen LogP contribution in [0.15, 0.2) is 42.5 Å². The molecule has 1 heterocycles. The zero-order valence-electron chi connectivity index (χ0n) is 13.5. The second kappa shape index (κ2) is 7.91. The van der Waals surface area contributed by atoms with Gasteiger partial charge in [-0.3, -0.25) is 4.79 Å². The van der Waals surface area contributed by atoms with Crippen LogP contribution in [0.4, 0.5) is 4.39 Å². The second-order valence-electron chi connectivity index (χ2n) is 5.52. The van der Waals surface area contributed by atoms with Gasteiger partial charge in [0.1, 0.15) is 17.4 Å². The van der Waals surface area contributed by atoms with E-state index in [-0.39, 0.29) is 25.7 Å². The van der Waals surface area contributed by atoms with Gasteiger partial charge in [0.15, 0.2) is 0 Å². The molecular formula is C18H16ClFN2O2S. The van der Waals surface area contributed by atoms with Gasteiger partial charge < -0.3 is 9.64 Å². The minimum absolute atomic E-state index is 0.0921. The Morgan fingerprint density at radius 2 is 2.08 bits per heavy atom. The SMILES string of the molecule is CN(Cc1c(F)cccc1Cl)C(=O)COCc1nc2ccccc2s1. The lowest BCUT2D eigenvalue weighted by Crippen LogP contribution is -2.30. The van der Waals surface area contributed by atoms with Crippen LogP contribution in [0.2, 0.25) is 5.02 Å².